The number of epoxide rings is 1. The fourth-order valence-electron chi connectivity index (χ4n) is 2.73. The minimum atomic E-state index is -0.410. The first-order valence-electron chi connectivity index (χ1n) is 7.89. The average Bonchev–Trinajstić information content (AvgIpc) is 3.18. The molecular formula is C16H26O4. The molecular weight excluding hydrogens is 256 g/mol. The molecule has 4 heteroatoms. The molecule has 1 saturated heterocycles. The number of esters is 1. The van der Waals surface area contributed by atoms with E-state index < -0.39 is 6.10 Å². The van der Waals surface area contributed by atoms with Crippen molar-refractivity contribution >= 4 is 5.97 Å². The maximum atomic E-state index is 11.6. The smallest absolute Gasteiger partial charge is 0.330 e. The first-order chi connectivity index (χ1) is 9.66. The Bertz CT molecular complexity index is 339. The van der Waals surface area contributed by atoms with Crippen molar-refractivity contribution < 1.29 is 19.4 Å². The van der Waals surface area contributed by atoms with Gasteiger partial charge in [-0.15, -0.1) is 0 Å². The molecule has 2 aliphatic rings. The van der Waals surface area contributed by atoms with E-state index in [0.29, 0.717) is 0 Å². The summed E-state index contributed by atoms with van der Waals surface area (Å²) < 4.78 is 10.7. The average molecular weight is 282 g/mol. The van der Waals surface area contributed by atoms with Gasteiger partial charge in [0.25, 0.3) is 0 Å². The Morgan fingerprint density at radius 2 is 1.75 bits per heavy atom. The number of aliphatic hydroxyl groups is 1. The Balaban J connectivity index is 1.84. The predicted molar refractivity (Wildman–Crippen MR) is 76.3 cm³/mol. The number of carbonyl (C=O) groups excluding carboxylic acids is 1. The van der Waals surface area contributed by atoms with E-state index in [1.807, 2.05) is 6.92 Å². The molecule has 2 heterocycles. The van der Waals surface area contributed by atoms with Crippen LogP contribution in [0.3, 0.4) is 0 Å². The van der Waals surface area contributed by atoms with Crippen molar-refractivity contribution in [2.45, 2.75) is 82.7 Å². The van der Waals surface area contributed by atoms with E-state index in [2.05, 4.69) is 0 Å². The van der Waals surface area contributed by atoms with E-state index in [1.165, 1.54) is 31.8 Å². The molecule has 4 atom stereocenters. The molecule has 0 bridgehead atoms. The molecule has 0 spiro atoms. The van der Waals surface area contributed by atoms with Crippen molar-refractivity contribution in [3.63, 3.8) is 0 Å². The summed E-state index contributed by atoms with van der Waals surface area (Å²) in [6.45, 7) is 1.94. The molecule has 1 fully saturated rings. The van der Waals surface area contributed by atoms with Crippen LogP contribution < -0.4 is 0 Å². The number of hydrogen-bond donors (Lipinski definition) is 1. The highest BCUT2D eigenvalue weighted by Gasteiger charge is 2.42. The number of cyclic esters (lactones) is 1. The normalized spacial score (nSPS) is 38.6. The maximum absolute atomic E-state index is 11.6. The predicted octanol–water partition coefficient (Wildman–Crippen LogP) is 2.74. The molecule has 4 nitrogen and oxygen atoms in total. The van der Waals surface area contributed by atoms with E-state index in [1.54, 1.807) is 6.08 Å². The zero-order chi connectivity index (χ0) is 14.4. The van der Waals surface area contributed by atoms with Gasteiger partial charge in [-0.1, -0.05) is 32.1 Å². The number of fused-ring (bicyclic) bond motifs is 1. The number of rotatable bonds is 0. The second-order valence-corrected chi connectivity index (χ2v) is 5.94. The van der Waals surface area contributed by atoms with Crippen LogP contribution in [-0.4, -0.2) is 35.5 Å². The standard InChI is InChI=1S/C16H26O4/c1-12-8-6-4-2-3-5-7-9-13(17)16-14(20-16)10-11-15(18)19-12/h10-14,16-17H,2-9H2,1H3/b11-10-/t12-,13+,14+,16+/m1/s1. The van der Waals surface area contributed by atoms with E-state index in [0.717, 1.165) is 25.7 Å². The lowest BCUT2D eigenvalue weighted by Crippen LogP contribution is -2.17. The minimum Gasteiger partial charge on any atom is -0.460 e. The largest absolute Gasteiger partial charge is 0.460 e. The first-order valence-corrected chi connectivity index (χ1v) is 7.89. The highest BCUT2D eigenvalue weighted by Crippen LogP contribution is 2.29. The summed E-state index contributed by atoms with van der Waals surface area (Å²) in [5.41, 5.74) is 0. The summed E-state index contributed by atoms with van der Waals surface area (Å²) in [6, 6.07) is 0. The van der Waals surface area contributed by atoms with Gasteiger partial charge in [-0.25, -0.2) is 4.79 Å². The van der Waals surface area contributed by atoms with E-state index >= 15 is 0 Å². The van der Waals surface area contributed by atoms with Gasteiger partial charge >= 0.3 is 5.97 Å². The van der Waals surface area contributed by atoms with Gasteiger partial charge in [-0.3, -0.25) is 0 Å². The second-order valence-electron chi connectivity index (χ2n) is 5.94. The van der Waals surface area contributed by atoms with Crippen LogP contribution in [0.25, 0.3) is 0 Å². The number of hydrogen-bond acceptors (Lipinski definition) is 4. The van der Waals surface area contributed by atoms with E-state index in [4.69, 9.17) is 9.47 Å². The molecule has 0 amide bonds. The van der Waals surface area contributed by atoms with Crippen molar-refractivity contribution in [2.75, 3.05) is 0 Å². The summed E-state index contributed by atoms with van der Waals surface area (Å²) in [5.74, 6) is -0.312. The molecule has 20 heavy (non-hydrogen) atoms. The Hall–Kier alpha value is -0.870. The highest BCUT2D eigenvalue weighted by molar-refractivity contribution is 5.82. The van der Waals surface area contributed by atoms with Gasteiger partial charge in [0.2, 0.25) is 0 Å². The lowest BCUT2D eigenvalue weighted by atomic mass is 10.0. The van der Waals surface area contributed by atoms with E-state index in [-0.39, 0.29) is 24.3 Å². The maximum Gasteiger partial charge on any atom is 0.330 e. The molecule has 2 rings (SSSR count). The molecule has 0 aromatic rings. The third kappa shape index (κ3) is 5.25. The third-order valence-electron chi connectivity index (χ3n) is 4.04. The monoisotopic (exact) mass is 282 g/mol. The van der Waals surface area contributed by atoms with Crippen LogP contribution in [0.2, 0.25) is 0 Å². The summed E-state index contributed by atoms with van der Waals surface area (Å²) in [5, 5.41) is 9.96. The molecule has 0 unspecified atom stereocenters. The lowest BCUT2D eigenvalue weighted by Gasteiger charge is -2.12. The molecule has 2 aliphatic heterocycles. The lowest BCUT2D eigenvalue weighted by molar-refractivity contribution is -0.142. The van der Waals surface area contributed by atoms with Gasteiger partial charge in [-0.05, 0) is 32.3 Å². The Morgan fingerprint density at radius 3 is 2.50 bits per heavy atom. The molecule has 0 aromatic heterocycles. The van der Waals surface area contributed by atoms with Crippen molar-refractivity contribution in [1.29, 1.82) is 0 Å². The van der Waals surface area contributed by atoms with Gasteiger partial charge in [0.15, 0.2) is 0 Å². The zero-order valence-electron chi connectivity index (χ0n) is 12.3. The quantitative estimate of drug-likeness (QED) is 0.548. The zero-order valence-corrected chi connectivity index (χ0v) is 12.3. The summed E-state index contributed by atoms with van der Waals surface area (Å²) in [6.07, 6.45) is 11.1. The molecule has 0 aliphatic carbocycles. The van der Waals surface area contributed by atoms with Crippen LogP contribution in [0.1, 0.15) is 58.3 Å². The Kier molecular flexibility index (Phi) is 6.05. The van der Waals surface area contributed by atoms with Gasteiger partial charge in [0.05, 0.1) is 12.2 Å². The van der Waals surface area contributed by atoms with Crippen LogP contribution >= 0.6 is 0 Å². The van der Waals surface area contributed by atoms with Crippen molar-refractivity contribution in [1.82, 2.24) is 0 Å². The summed E-state index contributed by atoms with van der Waals surface area (Å²) in [4.78, 5) is 11.6. The van der Waals surface area contributed by atoms with Gasteiger partial charge < -0.3 is 14.6 Å². The fourth-order valence-corrected chi connectivity index (χ4v) is 2.73. The molecule has 114 valence electrons. The van der Waals surface area contributed by atoms with Crippen LogP contribution in [-0.2, 0) is 14.3 Å². The highest BCUT2D eigenvalue weighted by atomic mass is 16.6. The van der Waals surface area contributed by atoms with Crippen molar-refractivity contribution in [3.8, 4) is 0 Å². The molecule has 0 aromatic carbocycles. The molecule has 0 radical (unpaired) electrons. The summed E-state index contributed by atoms with van der Waals surface area (Å²) >= 11 is 0. The van der Waals surface area contributed by atoms with Crippen LogP contribution in [0.15, 0.2) is 12.2 Å². The van der Waals surface area contributed by atoms with Crippen molar-refractivity contribution in [2.24, 2.45) is 0 Å². The van der Waals surface area contributed by atoms with Crippen LogP contribution in [0.5, 0.6) is 0 Å². The molecule has 1 N–H and O–H groups in total. The van der Waals surface area contributed by atoms with Gasteiger partial charge in [0.1, 0.15) is 12.2 Å². The first kappa shape index (κ1) is 15.5. The van der Waals surface area contributed by atoms with Crippen molar-refractivity contribution in [3.05, 3.63) is 12.2 Å². The van der Waals surface area contributed by atoms with Gasteiger partial charge in [0, 0.05) is 6.08 Å². The Labute approximate surface area is 121 Å². The summed E-state index contributed by atoms with van der Waals surface area (Å²) in [7, 11) is 0. The molecule has 0 saturated carbocycles. The van der Waals surface area contributed by atoms with Crippen LogP contribution in [0, 0.1) is 0 Å². The third-order valence-corrected chi connectivity index (χ3v) is 4.04. The Morgan fingerprint density at radius 1 is 1.10 bits per heavy atom. The second kappa shape index (κ2) is 7.79. The topological polar surface area (TPSA) is 59.1 Å². The number of carbonyl (C=O) groups is 1. The fraction of sp³-hybridized carbons (Fsp3) is 0.812. The number of ether oxygens (including phenoxy) is 2. The van der Waals surface area contributed by atoms with Gasteiger partial charge in [-0.2, -0.15) is 0 Å². The van der Waals surface area contributed by atoms with Crippen LogP contribution in [0.4, 0.5) is 0 Å². The number of aliphatic hydroxyl groups excluding tert-OH is 1. The van der Waals surface area contributed by atoms with E-state index in [9.17, 15) is 9.90 Å². The SMILES string of the molecule is C[C@@H]1CCCCCCCC[C@H](O)[C@@H]2O[C@H]2/C=C\C(=O)O1. The minimum absolute atomic E-state index is 0.0263.